The van der Waals surface area contributed by atoms with Gasteiger partial charge < -0.3 is 0 Å². The van der Waals surface area contributed by atoms with Gasteiger partial charge in [-0.3, -0.25) is 11.3 Å². The van der Waals surface area contributed by atoms with Crippen LogP contribution >= 0.6 is 11.8 Å². The molecule has 0 aromatic heterocycles. The van der Waals surface area contributed by atoms with Gasteiger partial charge in [0.25, 0.3) is 0 Å². The summed E-state index contributed by atoms with van der Waals surface area (Å²) in [4.78, 5) is 0. The van der Waals surface area contributed by atoms with E-state index in [1.54, 1.807) is 17.8 Å². The van der Waals surface area contributed by atoms with E-state index in [0.717, 1.165) is 17.1 Å². The number of hydrazine groups is 1. The van der Waals surface area contributed by atoms with Crippen molar-refractivity contribution in [2.24, 2.45) is 5.84 Å². The molecule has 84 valence electrons. The number of thioether (sulfide) groups is 1. The summed E-state index contributed by atoms with van der Waals surface area (Å²) in [6, 6.07) is 4.98. The van der Waals surface area contributed by atoms with Crippen LogP contribution in [0.5, 0.6) is 0 Å². The van der Waals surface area contributed by atoms with Gasteiger partial charge in [-0.1, -0.05) is 24.6 Å². The number of nitrogens with one attached hydrogen (secondary N) is 1. The largest absolute Gasteiger partial charge is 0.271 e. The second-order valence-electron chi connectivity index (χ2n) is 3.40. The molecule has 15 heavy (non-hydrogen) atoms. The second kappa shape index (κ2) is 6.10. The topological polar surface area (TPSA) is 38.0 Å². The first kappa shape index (κ1) is 12.5. The van der Waals surface area contributed by atoms with Crippen molar-refractivity contribution in [1.29, 1.82) is 0 Å². The molecule has 0 aliphatic rings. The van der Waals surface area contributed by atoms with Crippen LogP contribution in [0, 0.1) is 12.7 Å². The van der Waals surface area contributed by atoms with Crippen LogP contribution in [0.4, 0.5) is 4.39 Å². The van der Waals surface area contributed by atoms with Crippen molar-refractivity contribution in [3.8, 4) is 0 Å². The second-order valence-corrected chi connectivity index (χ2v) is 4.72. The lowest BCUT2D eigenvalue weighted by Gasteiger charge is -2.16. The monoisotopic (exact) mass is 228 g/mol. The Hall–Kier alpha value is -0.580. The van der Waals surface area contributed by atoms with E-state index in [1.165, 1.54) is 6.07 Å². The standard InChI is InChI=1S/C11H17FN2S/c1-3-15-7-11(14-13)9-6-8(2)4-5-10(9)12/h4-6,11,14H,3,7,13H2,1-2H3. The molecule has 0 saturated heterocycles. The van der Waals surface area contributed by atoms with Crippen molar-refractivity contribution >= 4 is 11.8 Å². The van der Waals surface area contributed by atoms with Gasteiger partial charge in [-0.05, 0) is 18.7 Å². The lowest BCUT2D eigenvalue weighted by Crippen LogP contribution is -2.30. The fourth-order valence-electron chi connectivity index (χ4n) is 1.39. The fraction of sp³-hybridized carbons (Fsp3) is 0.455. The predicted molar refractivity (Wildman–Crippen MR) is 64.2 cm³/mol. The van der Waals surface area contributed by atoms with Gasteiger partial charge in [-0.15, -0.1) is 0 Å². The highest BCUT2D eigenvalue weighted by atomic mass is 32.2. The van der Waals surface area contributed by atoms with Crippen LogP contribution in [0.25, 0.3) is 0 Å². The average Bonchev–Trinajstić information content (AvgIpc) is 2.24. The number of nitrogens with two attached hydrogens (primary N) is 1. The van der Waals surface area contributed by atoms with Crippen LogP contribution in [-0.4, -0.2) is 11.5 Å². The molecule has 0 bridgehead atoms. The molecular weight excluding hydrogens is 211 g/mol. The quantitative estimate of drug-likeness (QED) is 0.600. The SMILES string of the molecule is CCSCC(NN)c1cc(C)ccc1F. The molecule has 0 spiro atoms. The molecule has 1 rings (SSSR count). The summed E-state index contributed by atoms with van der Waals surface area (Å²) in [5, 5.41) is 0. The third kappa shape index (κ3) is 3.48. The third-order valence-corrected chi connectivity index (χ3v) is 3.19. The van der Waals surface area contributed by atoms with Crippen molar-refractivity contribution in [3.63, 3.8) is 0 Å². The number of halogens is 1. The number of rotatable bonds is 5. The van der Waals surface area contributed by atoms with Crippen molar-refractivity contribution in [1.82, 2.24) is 5.43 Å². The molecule has 0 radical (unpaired) electrons. The summed E-state index contributed by atoms with van der Waals surface area (Å²) in [6.07, 6.45) is 0. The Balaban J connectivity index is 2.85. The minimum Gasteiger partial charge on any atom is -0.271 e. The Morgan fingerprint density at radius 3 is 2.87 bits per heavy atom. The van der Waals surface area contributed by atoms with Gasteiger partial charge in [0.2, 0.25) is 0 Å². The maximum absolute atomic E-state index is 13.5. The van der Waals surface area contributed by atoms with Gasteiger partial charge in [-0.2, -0.15) is 11.8 Å². The van der Waals surface area contributed by atoms with Crippen LogP contribution in [0.2, 0.25) is 0 Å². The van der Waals surface area contributed by atoms with E-state index < -0.39 is 0 Å². The molecule has 0 heterocycles. The fourth-order valence-corrected chi connectivity index (χ4v) is 2.14. The molecule has 0 aliphatic heterocycles. The lowest BCUT2D eigenvalue weighted by atomic mass is 10.1. The number of benzene rings is 1. The Labute approximate surface area is 94.4 Å². The molecule has 1 aromatic rings. The van der Waals surface area contributed by atoms with Crippen LogP contribution in [-0.2, 0) is 0 Å². The summed E-state index contributed by atoms with van der Waals surface area (Å²) in [5.41, 5.74) is 4.36. The van der Waals surface area contributed by atoms with Crippen molar-refractivity contribution in [2.45, 2.75) is 19.9 Å². The Morgan fingerprint density at radius 2 is 2.27 bits per heavy atom. The maximum atomic E-state index is 13.5. The van der Waals surface area contributed by atoms with Gasteiger partial charge in [-0.25, -0.2) is 4.39 Å². The summed E-state index contributed by atoms with van der Waals surface area (Å²) in [7, 11) is 0. The molecule has 3 N–H and O–H groups in total. The van der Waals surface area contributed by atoms with Gasteiger partial charge in [0.15, 0.2) is 0 Å². The zero-order chi connectivity index (χ0) is 11.3. The first-order valence-electron chi connectivity index (χ1n) is 4.99. The molecule has 1 unspecified atom stereocenters. The Kier molecular flexibility index (Phi) is 5.08. The van der Waals surface area contributed by atoms with Crippen LogP contribution in [0.1, 0.15) is 24.1 Å². The van der Waals surface area contributed by atoms with Gasteiger partial charge in [0.1, 0.15) is 5.82 Å². The van der Waals surface area contributed by atoms with E-state index in [-0.39, 0.29) is 11.9 Å². The zero-order valence-corrected chi connectivity index (χ0v) is 9.90. The number of hydrogen-bond acceptors (Lipinski definition) is 3. The number of aryl methyl sites for hydroxylation is 1. The molecule has 2 nitrogen and oxygen atoms in total. The summed E-state index contributed by atoms with van der Waals surface area (Å²) in [6.45, 7) is 4.02. The Bertz CT molecular complexity index is 317. The molecule has 0 fully saturated rings. The molecule has 1 atom stereocenters. The first-order chi connectivity index (χ1) is 7.19. The van der Waals surface area contributed by atoms with E-state index in [4.69, 9.17) is 5.84 Å². The first-order valence-corrected chi connectivity index (χ1v) is 6.14. The van der Waals surface area contributed by atoms with Gasteiger partial charge in [0, 0.05) is 11.3 Å². The Morgan fingerprint density at radius 1 is 1.53 bits per heavy atom. The van der Waals surface area contributed by atoms with Gasteiger partial charge >= 0.3 is 0 Å². The molecule has 4 heteroatoms. The van der Waals surface area contributed by atoms with Crippen molar-refractivity contribution < 1.29 is 4.39 Å². The van der Waals surface area contributed by atoms with Crippen molar-refractivity contribution in [2.75, 3.05) is 11.5 Å². The molecule has 1 aromatic carbocycles. The third-order valence-electron chi connectivity index (χ3n) is 2.22. The van der Waals surface area contributed by atoms with E-state index in [9.17, 15) is 4.39 Å². The van der Waals surface area contributed by atoms with Crippen LogP contribution in [0.15, 0.2) is 18.2 Å². The average molecular weight is 228 g/mol. The summed E-state index contributed by atoms with van der Waals surface area (Å²) in [5.74, 6) is 7.03. The maximum Gasteiger partial charge on any atom is 0.128 e. The lowest BCUT2D eigenvalue weighted by molar-refractivity contribution is 0.546. The highest BCUT2D eigenvalue weighted by molar-refractivity contribution is 7.99. The highest BCUT2D eigenvalue weighted by Gasteiger charge is 2.13. The summed E-state index contributed by atoms with van der Waals surface area (Å²) < 4.78 is 13.5. The normalized spacial score (nSPS) is 12.8. The summed E-state index contributed by atoms with van der Waals surface area (Å²) >= 11 is 1.74. The molecule has 0 amide bonds. The molecule has 0 saturated carbocycles. The van der Waals surface area contributed by atoms with E-state index in [0.29, 0.717) is 5.56 Å². The predicted octanol–water partition coefficient (Wildman–Crippen LogP) is 2.39. The minimum atomic E-state index is -0.194. The molecular formula is C11H17FN2S. The van der Waals surface area contributed by atoms with E-state index in [1.807, 2.05) is 13.0 Å². The van der Waals surface area contributed by atoms with Crippen LogP contribution < -0.4 is 11.3 Å². The highest BCUT2D eigenvalue weighted by Crippen LogP contribution is 2.21. The minimum absolute atomic E-state index is 0.116. The van der Waals surface area contributed by atoms with E-state index >= 15 is 0 Å². The molecule has 0 aliphatic carbocycles. The van der Waals surface area contributed by atoms with Gasteiger partial charge in [0.05, 0.1) is 6.04 Å². The zero-order valence-electron chi connectivity index (χ0n) is 9.09. The van der Waals surface area contributed by atoms with Crippen molar-refractivity contribution in [3.05, 3.63) is 35.1 Å². The smallest absolute Gasteiger partial charge is 0.128 e. The number of hydrogen-bond donors (Lipinski definition) is 2. The van der Waals surface area contributed by atoms with E-state index in [2.05, 4.69) is 12.3 Å². The van der Waals surface area contributed by atoms with Crippen LogP contribution in [0.3, 0.4) is 0 Å².